The summed E-state index contributed by atoms with van der Waals surface area (Å²) < 4.78 is 6.06. The van der Waals surface area contributed by atoms with Crippen molar-refractivity contribution in [1.82, 2.24) is 14.9 Å². The van der Waals surface area contributed by atoms with Gasteiger partial charge < -0.3 is 19.5 Å². The van der Waals surface area contributed by atoms with E-state index in [0.717, 1.165) is 22.6 Å². The minimum atomic E-state index is -0.859. The zero-order valence-corrected chi connectivity index (χ0v) is 14.5. The summed E-state index contributed by atoms with van der Waals surface area (Å²) in [5.41, 5.74) is 2.88. The number of fused-ring (bicyclic) bond motifs is 3. The number of nitrogens with zero attached hydrogens (tertiary/aromatic N) is 4. The van der Waals surface area contributed by atoms with E-state index in [1.807, 2.05) is 22.4 Å². The van der Waals surface area contributed by atoms with Gasteiger partial charge in [0.05, 0.1) is 24.3 Å². The number of rotatable bonds is 3. The molecule has 1 aromatic carbocycles. The first-order valence-electron chi connectivity index (χ1n) is 8.34. The molecule has 9 heteroatoms. The number of carboxylic acid groups (broad SMARTS) is 1. The maximum Gasteiger partial charge on any atom is 0.407 e. The summed E-state index contributed by atoms with van der Waals surface area (Å²) in [5, 5.41) is 21.5. The Morgan fingerprint density at radius 1 is 1.35 bits per heavy atom. The molecule has 2 unspecified atom stereocenters. The number of amides is 1. The zero-order chi connectivity index (χ0) is 17.8. The number of oxazole rings is 1. The van der Waals surface area contributed by atoms with E-state index in [-0.39, 0.29) is 18.7 Å². The van der Waals surface area contributed by atoms with E-state index in [9.17, 15) is 15.0 Å². The van der Waals surface area contributed by atoms with Crippen LogP contribution >= 0.6 is 11.3 Å². The second-order valence-electron chi connectivity index (χ2n) is 6.62. The molecule has 2 aromatic heterocycles. The van der Waals surface area contributed by atoms with Gasteiger partial charge in [-0.05, 0) is 24.1 Å². The van der Waals surface area contributed by atoms with Crippen LogP contribution in [0.1, 0.15) is 12.0 Å². The van der Waals surface area contributed by atoms with Gasteiger partial charge in [-0.15, -0.1) is 11.3 Å². The molecule has 0 radical (unpaired) electrons. The van der Waals surface area contributed by atoms with Crippen LogP contribution in [0.2, 0.25) is 0 Å². The monoisotopic (exact) mass is 372 g/mol. The lowest BCUT2D eigenvalue weighted by Crippen LogP contribution is -2.70. The van der Waals surface area contributed by atoms with Gasteiger partial charge in [0.25, 0.3) is 6.01 Å². The smallest absolute Gasteiger partial charge is 0.407 e. The van der Waals surface area contributed by atoms with Crippen molar-refractivity contribution in [3.05, 3.63) is 29.3 Å². The Morgan fingerprint density at radius 2 is 2.15 bits per heavy atom. The normalized spacial score (nSPS) is 21.9. The van der Waals surface area contributed by atoms with Crippen molar-refractivity contribution >= 4 is 34.5 Å². The highest BCUT2D eigenvalue weighted by Gasteiger charge is 2.48. The summed E-state index contributed by atoms with van der Waals surface area (Å²) in [6, 6.07) is 4.16. The van der Waals surface area contributed by atoms with E-state index >= 15 is 0 Å². The molecule has 0 saturated carbocycles. The first kappa shape index (κ1) is 15.6. The fourth-order valence-electron chi connectivity index (χ4n) is 3.90. The third-order valence-corrected chi connectivity index (χ3v) is 5.87. The van der Waals surface area contributed by atoms with Crippen LogP contribution in [0, 0.1) is 0 Å². The molecule has 8 nitrogen and oxygen atoms in total. The van der Waals surface area contributed by atoms with E-state index in [4.69, 9.17) is 4.42 Å². The summed E-state index contributed by atoms with van der Waals surface area (Å²) in [6.07, 6.45) is 1.76. The molecular formula is C17H16N4O4S. The largest absolute Gasteiger partial charge is 0.465 e. The van der Waals surface area contributed by atoms with Gasteiger partial charge in [-0.25, -0.2) is 9.78 Å². The number of hydrogen-bond acceptors (Lipinski definition) is 7. The third-order valence-electron chi connectivity index (χ3n) is 5.07. The molecule has 0 aliphatic carbocycles. The van der Waals surface area contributed by atoms with Crippen LogP contribution in [0.4, 0.5) is 10.8 Å². The predicted molar refractivity (Wildman–Crippen MR) is 95.3 cm³/mol. The lowest BCUT2D eigenvalue weighted by Gasteiger charge is -2.54. The van der Waals surface area contributed by atoms with Crippen LogP contribution in [0.25, 0.3) is 21.7 Å². The van der Waals surface area contributed by atoms with Crippen LogP contribution in [0.15, 0.2) is 28.1 Å². The van der Waals surface area contributed by atoms with Gasteiger partial charge >= 0.3 is 6.09 Å². The topological polar surface area (TPSA) is 103 Å². The first-order chi connectivity index (χ1) is 12.6. The van der Waals surface area contributed by atoms with Crippen LogP contribution in [-0.4, -0.2) is 56.3 Å². The van der Waals surface area contributed by atoms with Gasteiger partial charge in [0.1, 0.15) is 10.5 Å². The highest BCUT2D eigenvalue weighted by molar-refractivity contribution is 7.13. The molecule has 3 saturated heterocycles. The Morgan fingerprint density at radius 3 is 2.81 bits per heavy atom. The molecule has 3 aromatic rings. The summed E-state index contributed by atoms with van der Waals surface area (Å²) in [5.74, 6) is 0. The van der Waals surface area contributed by atoms with Crippen LogP contribution in [0.3, 0.4) is 0 Å². The fourth-order valence-corrected chi connectivity index (χ4v) is 4.55. The van der Waals surface area contributed by atoms with Gasteiger partial charge in [0, 0.05) is 24.7 Å². The number of aromatic nitrogens is 2. The summed E-state index contributed by atoms with van der Waals surface area (Å²) in [4.78, 5) is 23.7. The Labute approximate surface area is 152 Å². The van der Waals surface area contributed by atoms with E-state index in [1.54, 1.807) is 6.20 Å². The second-order valence-corrected chi connectivity index (χ2v) is 7.52. The Hall–Kier alpha value is -2.65. The molecule has 6 rings (SSSR count). The maximum atomic E-state index is 11.3. The third kappa shape index (κ3) is 2.27. The molecule has 26 heavy (non-hydrogen) atoms. The SMILES string of the molecule is O=C(O)N1C2CC1CN(c1nc3cc(CO)cc(-c4nccs4)c3o1)C2. The molecule has 2 N–H and O–H groups in total. The van der Waals surface area contributed by atoms with Crippen LogP contribution in [-0.2, 0) is 6.61 Å². The minimum Gasteiger partial charge on any atom is -0.465 e. The number of aliphatic hydroxyl groups excluding tert-OH is 1. The maximum absolute atomic E-state index is 11.3. The zero-order valence-electron chi connectivity index (χ0n) is 13.7. The van der Waals surface area contributed by atoms with Gasteiger partial charge in [-0.1, -0.05) is 0 Å². The predicted octanol–water partition coefficient (Wildman–Crippen LogP) is 2.38. The Balaban J connectivity index is 1.53. The fraction of sp³-hybridized carbons (Fsp3) is 0.353. The molecule has 2 atom stereocenters. The average molecular weight is 372 g/mol. The first-order valence-corrected chi connectivity index (χ1v) is 9.22. The van der Waals surface area contributed by atoms with Gasteiger partial charge in [-0.3, -0.25) is 4.90 Å². The molecule has 3 fully saturated rings. The molecule has 3 aliphatic rings. The number of piperidine rings is 1. The number of aliphatic hydroxyl groups is 1. The molecule has 3 aliphatic heterocycles. The number of hydrogen-bond donors (Lipinski definition) is 2. The van der Waals surface area contributed by atoms with Crippen molar-refractivity contribution in [3.63, 3.8) is 0 Å². The lowest BCUT2D eigenvalue weighted by atomic mass is 9.88. The van der Waals surface area contributed by atoms with Crippen LogP contribution in [0.5, 0.6) is 0 Å². The van der Waals surface area contributed by atoms with Gasteiger partial charge in [0.15, 0.2) is 5.58 Å². The van der Waals surface area contributed by atoms with Crippen LogP contribution < -0.4 is 4.90 Å². The summed E-state index contributed by atoms with van der Waals surface area (Å²) in [6.45, 7) is 1.07. The molecule has 5 heterocycles. The van der Waals surface area contributed by atoms with Crippen molar-refractivity contribution in [1.29, 1.82) is 0 Å². The number of carbonyl (C=O) groups is 1. The van der Waals surface area contributed by atoms with E-state index < -0.39 is 6.09 Å². The Bertz CT molecular complexity index is 974. The number of piperazine rings is 1. The standard InChI is InChI=1S/C17H16N4O4S/c22-8-9-3-12(15-18-1-2-26-15)14-13(4-9)19-16(25-14)20-6-10-5-11(7-20)21(10)17(23)24/h1-4,10-11,22H,5-8H2,(H,23,24). The Kier molecular flexibility index (Phi) is 3.41. The molecule has 2 bridgehead atoms. The summed E-state index contributed by atoms with van der Waals surface area (Å²) in [7, 11) is 0. The van der Waals surface area contributed by atoms with Crippen molar-refractivity contribution < 1.29 is 19.4 Å². The molecular weight excluding hydrogens is 356 g/mol. The lowest BCUT2D eigenvalue weighted by molar-refractivity contribution is 0.0101. The van der Waals surface area contributed by atoms with E-state index in [0.29, 0.717) is 30.2 Å². The number of benzene rings is 1. The van der Waals surface area contributed by atoms with Gasteiger partial charge in [-0.2, -0.15) is 4.98 Å². The van der Waals surface area contributed by atoms with Crippen molar-refractivity contribution in [2.24, 2.45) is 0 Å². The van der Waals surface area contributed by atoms with E-state index in [1.165, 1.54) is 16.2 Å². The van der Waals surface area contributed by atoms with Crippen molar-refractivity contribution in [2.45, 2.75) is 25.1 Å². The quantitative estimate of drug-likeness (QED) is 0.727. The van der Waals surface area contributed by atoms with E-state index in [2.05, 4.69) is 9.97 Å². The minimum absolute atomic E-state index is 0.00676. The highest BCUT2D eigenvalue weighted by atomic mass is 32.1. The molecule has 134 valence electrons. The highest BCUT2D eigenvalue weighted by Crippen LogP contribution is 2.38. The number of thiazole rings is 1. The second kappa shape index (κ2) is 5.68. The molecule has 0 spiro atoms. The summed E-state index contributed by atoms with van der Waals surface area (Å²) >= 11 is 1.50. The van der Waals surface area contributed by atoms with Crippen molar-refractivity contribution in [3.8, 4) is 10.6 Å². The number of anilines is 1. The van der Waals surface area contributed by atoms with Crippen molar-refractivity contribution in [2.75, 3.05) is 18.0 Å². The average Bonchev–Trinajstić information content (AvgIpc) is 3.29. The van der Waals surface area contributed by atoms with Gasteiger partial charge in [0.2, 0.25) is 0 Å². The molecule has 1 amide bonds.